The molecule has 1 unspecified atom stereocenters. The first-order valence-corrected chi connectivity index (χ1v) is 9.82. The number of rotatable bonds is 5. The number of anilines is 1. The summed E-state index contributed by atoms with van der Waals surface area (Å²) in [4.78, 5) is 29.6. The maximum absolute atomic E-state index is 12.5. The molecule has 0 fully saturated rings. The second-order valence-electron chi connectivity index (χ2n) is 6.17. The van der Waals surface area contributed by atoms with Gasteiger partial charge in [0.2, 0.25) is 0 Å². The quantitative estimate of drug-likeness (QED) is 0.591. The molecule has 0 aliphatic rings. The monoisotopic (exact) mass is 425 g/mol. The van der Waals surface area contributed by atoms with Crippen LogP contribution in [0, 0.1) is 18.3 Å². The summed E-state index contributed by atoms with van der Waals surface area (Å²) < 4.78 is 5.31. The molecule has 0 aliphatic heterocycles. The van der Waals surface area contributed by atoms with Crippen molar-refractivity contribution in [2.75, 3.05) is 5.32 Å². The molecule has 1 heterocycles. The fourth-order valence-electron chi connectivity index (χ4n) is 2.44. The number of halogens is 1. The van der Waals surface area contributed by atoms with Crippen LogP contribution in [-0.4, -0.2) is 23.0 Å². The molecule has 0 saturated carbocycles. The van der Waals surface area contributed by atoms with Gasteiger partial charge in [0.1, 0.15) is 9.88 Å². The molecule has 0 saturated heterocycles. The Morgan fingerprint density at radius 2 is 1.83 bits per heavy atom. The van der Waals surface area contributed by atoms with Gasteiger partial charge < -0.3 is 10.1 Å². The highest BCUT2D eigenvalue weighted by atomic mass is 35.5. The molecule has 3 aromatic rings. The number of esters is 1. The summed E-state index contributed by atoms with van der Waals surface area (Å²) in [6.07, 6.45) is -1.00. The van der Waals surface area contributed by atoms with Crippen molar-refractivity contribution in [2.45, 2.75) is 20.0 Å². The average molecular weight is 426 g/mol. The smallest absolute Gasteiger partial charge is 0.351 e. The average Bonchev–Trinajstić information content (AvgIpc) is 3.10. The summed E-state index contributed by atoms with van der Waals surface area (Å²) in [6.45, 7) is 3.21. The van der Waals surface area contributed by atoms with Gasteiger partial charge in [-0.05, 0) is 50.2 Å². The Morgan fingerprint density at radius 1 is 1.17 bits per heavy atom. The normalized spacial score (nSPS) is 11.4. The molecule has 0 radical (unpaired) electrons. The van der Waals surface area contributed by atoms with Crippen molar-refractivity contribution in [3.05, 3.63) is 69.7 Å². The van der Waals surface area contributed by atoms with Crippen molar-refractivity contribution in [2.24, 2.45) is 0 Å². The molecule has 0 bridgehead atoms. The van der Waals surface area contributed by atoms with Crippen LogP contribution in [0.5, 0.6) is 0 Å². The number of amides is 1. The lowest BCUT2D eigenvalue weighted by Crippen LogP contribution is -2.29. The largest absolute Gasteiger partial charge is 0.448 e. The van der Waals surface area contributed by atoms with E-state index in [0.29, 0.717) is 31.9 Å². The van der Waals surface area contributed by atoms with Gasteiger partial charge in [0.15, 0.2) is 6.10 Å². The number of ether oxygens (including phenoxy) is 1. The van der Waals surface area contributed by atoms with Gasteiger partial charge in [-0.2, -0.15) is 5.26 Å². The van der Waals surface area contributed by atoms with Crippen LogP contribution in [0.4, 0.5) is 5.69 Å². The van der Waals surface area contributed by atoms with E-state index in [1.807, 2.05) is 18.2 Å². The third kappa shape index (κ3) is 4.99. The SMILES string of the molecule is Cc1nc(-c2ccc(Cl)cc2)sc1C(=O)OC(C)C(=O)Nc1ccc(C#N)cc1. The zero-order valence-electron chi connectivity index (χ0n) is 15.6. The molecule has 146 valence electrons. The van der Waals surface area contributed by atoms with E-state index in [9.17, 15) is 9.59 Å². The second kappa shape index (κ2) is 8.86. The van der Waals surface area contributed by atoms with E-state index in [4.69, 9.17) is 21.6 Å². The Labute approximate surface area is 176 Å². The Kier molecular flexibility index (Phi) is 6.27. The lowest BCUT2D eigenvalue weighted by molar-refractivity contribution is -0.123. The number of nitrogens with zero attached hydrogens (tertiary/aromatic N) is 2. The summed E-state index contributed by atoms with van der Waals surface area (Å²) in [6, 6.07) is 15.5. The number of aromatic nitrogens is 1. The predicted octanol–water partition coefficient (Wildman–Crippen LogP) is 4.83. The summed E-state index contributed by atoms with van der Waals surface area (Å²) in [5, 5.41) is 12.7. The van der Waals surface area contributed by atoms with Gasteiger partial charge in [-0.15, -0.1) is 11.3 Å². The van der Waals surface area contributed by atoms with Gasteiger partial charge in [-0.25, -0.2) is 9.78 Å². The van der Waals surface area contributed by atoms with Gasteiger partial charge >= 0.3 is 5.97 Å². The van der Waals surface area contributed by atoms with Crippen LogP contribution in [0.1, 0.15) is 27.9 Å². The number of hydrogen-bond donors (Lipinski definition) is 1. The molecule has 3 rings (SSSR count). The van der Waals surface area contributed by atoms with Crippen LogP contribution >= 0.6 is 22.9 Å². The highest BCUT2D eigenvalue weighted by Crippen LogP contribution is 2.29. The summed E-state index contributed by atoms with van der Waals surface area (Å²) in [7, 11) is 0. The first-order chi connectivity index (χ1) is 13.9. The topological polar surface area (TPSA) is 92.1 Å². The minimum atomic E-state index is -1.00. The van der Waals surface area contributed by atoms with Crippen molar-refractivity contribution < 1.29 is 14.3 Å². The molecular formula is C21H16ClN3O3S. The maximum Gasteiger partial charge on any atom is 0.351 e. The van der Waals surface area contributed by atoms with Crippen LogP contribution in [0.25, 0.3) is 10.6 Å². The highest BCUT2D eigenvalue weighted by Gasteiger charge is 2.23. The minimum absolute atomic E-state index is 0.341. The summed E-state index contributed by atoms with van der Waals surface area (Å²) >= 11 is 7.10. The molecule has 1 amide bonds. The van der Waals surface area contributed by atoms with Crippen molar-refractivity contribution in [3.63, 3.8) is 0 Å². The van der Waals surface area contributed by atoms with Gasteiger partial charge in [0.25, 0.3) is 5.91 Å². The van der Waals surface area contributed by atoms with E-state index in [-0.39, 0.29) is 0 Å². The second-order valence-corrected chi connectivity index (χ2v) is 7.60. The first kappa shape index (κ1) is 20.5. The Bertz CT molecular complexity index is 1090. The van der Waals surface area contributed by atoms with E-state index >= 15 is 0 Å². The number of thiazole rings is 1. The van der Waals surface area contributed by atoms with E-state index in [1.165, 1.54) is 18.3 Å². The molecule has 8 heteroatoms. The molecule has 2 aromatic carbocycles. The summed E-state index contributed by atoms with van der Waals surface area (Å²) in [5.41, 5.74) is 2.37. The zero-order valence-corrected chi connectivity index (χ0v) is 17.2. The van der Waals surface area contributed by atoms with Gasteiger partial charge in [0, 0.05) is 16.3 Å². The molecule has 29 heavy (non-hydrogen) atoms. The molecule has 0 spiro atoms. The number of carbonyl (C=O) groups excluding carboxylic acids is 2. The van der Waals surface area contributed by atoms with E-state index in [2.05, 4.69) is 10.3 Å². The molecule has 0 aliphatic carbocycles. The fraction of sp³-hybridized carbons (Fsp3) is 0.143. The highest BCUT2D eigenvalue weighted by molar-refractivity contribution is 7.17. The van der Waals surface area contributed by atoms with Crippen LogP contribution in [0.2, 0.25) is 5.02 Å². The van der Waals surface area contributed by atoms with Crippen molar-refractivity contribution >= 4 is 40.5 Å². The number of aryl methyl sites for hydroxylation is 1. The lowest BCUT2D eigenvalue weighted by Gasteiger charge is -2.13. The number of carbonyl (C=O) groups is 2. The van der Waals surface area contributed by atoms with Crippen LogP contribution < -0.4 is 5.32 Å². The number of nitriles is 1. The van der Waals surface area contributed by atoms with E-state index in [0.717, 1.165) is 5.56 Å². The van der Waals surface area contributed by atoms with Crippen molar-refractivity contribution in [1.82, 2.24) is 4.98 Å². The maximum atomic E-state index is 12.5. The predicted molar refractivity (Wildman–Crippen MR) is 112 cm³/mol. The van der Waals surface area contributed by atoms with Crippen LogP contribution in [-0.2, 0) is 9.53 Å². The van der Waals surface area contributed by atoms with Gasteiger partial charge in [-0.1, -0.05) is 23.7 Å². The Hall–Kier alpha value is -3.21. The number of benzene rings is 2. The molecule has 6 nitrogen and oxygen atoms in total. The third-order valence-electron chi connectivity index (χ3n) is 4.01. The summed E-state index contributed by atoms with van der Waals surface area (Å²) in [5.74, 6) is -1.08. The zero-order chi connectivity index (χ0) is 21.0. The molecule has 1 atom stereocenters. The lowest BCUT2D eigenvalue weighted by atomic mass is 10.2. The Morgan fingerprint density at radius 3 is 2.45 bits per heavy atom. The standard InChI is InChI=1S/C21H16ClN3O3S/c1-12-18(29-20(24-12)15-5-7-16(22)8-6-15)21(27)28-13(2)19(26)25-17-9-3-14(11-23)4-10-17/h3-10,13H,1-2H3,(H,25,26). The first-order valence-electron chi connectivity index (χ1n) is 8.62. The van der Waals surface area contributed by atoms with Gasteiger partial charge in [-0.3, -0.25) is 4.79 Å². The molecule has 1 aromatic heterocycles. The van der Waals surface area contributed by atoms with Crippen molar-refractivity contribution in [1.29, 1.82) is 5.26 Å². The van der Waals surface area contributed by atoms with Crippen molar-refractivity contribution in [3.8, 4) is 16.6 Å². The third-order valence-corrected chi connectivity index (χ3v) is 5.45. The minimum Gasteiger partial charge on any atom is -0.448 e. The molecular weight excluding hydrogens is 410 g/mol. The number of nitrogens with one attached hydrogen (secondary N) is 1. The van der Waals surface area contributed by atoms with E-state index < -0.39 is 18.0 Å². The van der Waals surface area contributed by atoms with Crippen LogP contribution in [0.15, 0.2) is 48.5 Å². The fourth-order valence-corrected chi connectivity index (χ4v) is 3.52. The van der Waals surface area contributed by atoms with Gasteiger partial charge in [0.05, 0.1) is 17.3 Å². The molecule has 1 N–H and O–H groups in total. The Balaban J connectivity index is 1.66. The van der Waals surface area contributed by atoms with Crippen LogP contribution in [0.3, 0.4) is 0 Å². The van der Waals surface area contributed by atoms with E-state index in [1.54, 1.807) is 43.3 Å². The number of hydrogen-bond acceptors (Lipinski definition) is 6.